The highest BCUT2D eigenvalue weighted by Gasteiger charge is 2.14. The van der Waals surface area contributed by atoms with Crippen molar-refractivity contribution in [2.45, 2.75) is 6.54 Å². The molecule has 3 rings (SSSR count). The fraction of sp³-hybridized carbons (Fsp3) is 0.0667. The predicted octanol–water partition coefficient (Wildman–Crippen LogP) is 2.88. The lowest BCUT2D eigenvalue weighted by molar-refractivity contribution is 0.0946. The summed E-state index contributed by atoms with van der Waals surface area (Å²) in [4.78, 5) is 24.1. The Morgan fingerprint density at radius 1 is 1.12 bits per heavy atom. The number of hydrogen-bond acceptors (Lipinski definition) is 6. The highest BCUT2D eigenvalue weighted by Crippen LogP contribution is 2.18. The molecule has 3 aromatic rings. The van der Waals surface area contributed by atoms with Gasteiger partial charge in [-0.15, -0.1) is 11.3 Å². The molecule has 24 heavy (non-hydrogen) atoms. The molecule has 0 aliphatic rings. The number of halogens is 2. The van der Waals surface area contributed by atoms with Gasteiger partial charge < -0.3 is 10.6 Å². The molecule has 0 spiro atoms. The highest BCUT2D eigenvalue weighted by atomic mass is 32.1. The molecular formula is C15H11F2N5OS. The summed E-state index contributed by atoms with van der Waals surface area (Å²) in [5.74, 6) is -1.60. The van der Waals surface area contributed by atoms with Crippen LogP contribution in [0.25, 0.3) is 0 Å². The molecule has 2 aromatic heterocycles. The molecule has 0 unspecified atom stereocenters. The fourth-order valence-corrected chi connectivity index (χ4v) is 2.54. The summed E-state index contributed by atoms with van der Waals surface area (Å²) in [5.41, 5.74) is -0.0627. The first kappa shape index (κ1) is 15.9. The van der Waals surface area contributed by atoms with E-state index in [1.54, 1.807) is 18.5 Å². The van der Waals surface area contributed by atoms with Crippen molar-refractivity contribution in [3.8, 4) is 0 Å². The van der Waals surface area contributed by atoms with Crippen LogP contribution in [0.1, 0.15) is 16.1 Å². The van der Waals surface area contributed by atoms with Crippen molar-refractivity contribution in [3.63, 3.8) is 0 Å². The molecule has 0 fully saturated rings. The Morgan fingerprint density at radius 3 is 2.54 bits per heavy atom. The first-order valence-corrected chi connectivity index (χ1v) is 7.72. The minimum Gasteiger partial charge on any atom is -0.346 e. The van der Waals surface area contributed by atoms with E-state index in [9.17, 15) is 13.6 Å². The Bertz CT molecular complexity index is 836. The maximum Gasteiger partial charge on any atom is 0.271 e. The van der Waals surface area contributed by atoms with Crippen molar-refractivity contribution < 1.29 is 13.6 Å². The summed E-state index contributed by atoms with van der Waals surface area (Å²) in [6.45, 7) is -0.264. The summed E-state index contributed by atoms with van der Waals surface area (Å²) in [7, 11) is 0. The molecule has 0 radical (unpaired) electrons. The largest absolute Gasteiger partial charge is 0.346 e. The zero-order valence-electron chi connectivity index (χ0n) is 12.2. The van der Waals surface area contributed by atoms with Crippen LogP contribution in [-0.4, -0.2) is 20.9 Å². The smallest absolute Gasteiger partial charge is 0.271 e. The van der Waals surface area contributed by atoms with Gasteiger partial charge in [0, 0.05) is 29.9 Å². The molecule has 6 nitrogen and oxygen atoms in total. The van der Waals surface area contributed by atoms with Gasteiger partial charge in [0.1, 0.15) is 17.3 Å². The molecule has 0 atom stereocenters. The third-order valence-corrected chi connectivity index (χ3v) is 3.77. The first-order valence-electron chi connectivity index (χ1n) is 6.84. The SMILES string of the molecule is O=C(NCc1c(F)cccc1F)c1csc(Nc2ncccn2)n1. The molecular weight excluding hydrogens is 336 g/mol. The number of aromatic nitrogens is 3. The van der Waals surface area contributed by atoms with Crippen molar-refractivity contribution in [1.29, 1.82) is 0 Å². The van der Waals surface area contributed by atoms with Gasteiger partial charge in [0.2, 0.25) is 5.95 Å². The Balaban J connectivity index is 1.64. The van der Waals surface area contributed by atoms with Crippen molar-refractivity contribution in [2.75, 3.05) is 5.32 Å². The average molecular weight is 347 g/mol. The third kappa shape index (κ3) is 3.69. The zero-order chi connectivity index (χ0) is 16.9. The minimum atomic E-state index is -0.711. The van der Waals surface area contributed by atoms with E-state index in [1.807, 2.05) is 0 Å². The van der Waals surface area contributed by atoms with Crippen molar-refractivity contribution >= 4 is 28.3 Å². The van der Waals surface area contributed by atoms with Crippen LogP contribution in [0, 0.1) is 11.6 Å². The number of carbonyl (C=O) groups excluding carboxylic acids is 1. The van der Waals surface area contributed by atoms with Gasteiger partial charge in [-0.2, -0.15) is 0 Å². The summed E-state index contributed by atoms with van der Waals surface area (Å²) in [5, 5.41) is 7.26. The zero-order valence-corrected chi connectivity index (χ0v) is 13.0. The number of nitrogens with zero attached hydrogens (tertiary/aromatic N) is 3. The van der Waals surface area contributed by atoms with Gasteiger partial charge in [0.05, 0.1) is 0 Å². The van der Waals surface area contributed by atoms with E-state index in [-0.39, 0.29) is 17.8 Å². The Hall–Kier alpha value is -2.94. The number of rotatable bonds is 5. The van der Waals surface area contributed by atoms with E-state index in [0.717, 1.165) is 12.1 Å². The van der Waals surface area contributed by atoms with E-state index in [2.05, 4.69) is 25.6 Å². The number of hydrogen-bond donors (Lipinski definition) is 2. The minimum absolute atomic E-state index is 0.134. The molecule has 0 saturated heterocycles. The van der Waals surface area contributed by atoms with Crippen LogP contribution < -0.4 is 10.6 Å². The monoisotopic (exact) mass is 347 g/mol. The van der Waals surface area contributed by atoms with Gasteiger partial charge in [0.15, 0.2) is 5.13 Å². The molecule has 1 aromatic carbocycles. The molecule has 0 saturated carbocycles. The van der Waals surface area contributed by atoms with Crippen LogP contribution in [-0.2, 0) is 6.54 Å². The molecule has 0 bridgehead atoms. The number of nitrogens with one attached hydrogen (secondary N) is 2. The van der Waals surface area contributed by atoms with E-state index in [4.69, 9.17) is 0 Å². The number of thiazole rings is 1. The van der Waals surface area contributed by atoms with Crippen LogP contribution >= 0.6 is 11.3 Å². The second kappa shape index (κ2) is 7.09. The Morgan fingerprint density at radius 2 is 1.83 bits per heavy atom. The van der Waals surface area contributed by atoms with E-state index in [0.29, 0.717) is 11.1 Å². The summed E-state index contributed by atoms with van der Waals surface area (Å²) >= 11 is 1.19. The molecule has 9 heteroatoms. The number of benzene rings is 1. The van der Waals surface area contributed by atoms with Crippen LogP contribution in [0.3, 0.4) is 0 Å². The fourth-order valence-electron chi connectivity index (χ4n) is 1.86. The maximum atomic E-state index is 13.5. The Labute approximate surface area is 139 Å². The molecule has 2 heterocycles. The lowest BCUT2D eigenvalue weighted by Crippen LogP contribution is -2.24. The Kier molecular flexibility index (Phi) is 4.71. The topological polar surface area (TPSA) is 79.8 Å². The van der Waals surface area contributed by atoms with Crippen LogP contribution in [0.5, 0.6) is 0 Å². The highest BCUT2D eigenvalue weighted by molar-refractivity contribution is 7.14. The number of anilines is 2. The number of amides is 1. The molecule has 2 N–H and O–H groups in total. The lowest BCUT2D eigenvalue weighted by atomic mass is 10.2. The quantitative estimate of drug-likeness (QED) is 0.742. The van der Waals surface area contributed by atoms with Gasteiger partial charge in [-0.1, -0.05) is 6.07 Å². The van der Waals surface area contributed by atoms with Crippen LogP contribution in [0.2, 0.25) is 0 Å². The normalized spacial score (nSPS) is 10.4. The van der Waals surface area contributed by atoms with Crippen LogP contribution in [0.15, 0.2) is 42.0 Å². The molecule has 0 aliphatic heterocycles. The third-order valence-electron chi connectivity index (χ3n) is 3.01. The second-order valence-electron chi connectivity index (χ2n) is 4.62. The van der Waals surface area contributed by atoms with Gasteiger partial charge in [-0.25, -0.2) is 23.7 Å². The van der Waals surface area contributed by atoms with Gasteiger partial charge in [-0.3, -0.25) is 4.79 Å². The van der Waals surface area contributed by atoms with E-state index < -0.39 is 17.5 Å². The van der Waals surface area contributed by atoms with Crippen molar-refractivity contribution in [2.24, 2.45) is 0 Å². The first-order chi connectivity index (χ1) is 11.6. The van der Waals surface area contributed by atoms with Crippen molar-refractivity contribution in [1.82, 2.24) is 20.3 Å². The predicted molar refractivity (Wildman–Crippen MR) is 85.0 cm³/mol. The maximum absolute atomic E-state index is 13.5. The average Bonchev–Trinajstić information content (AvgIpc) is 3.04. The standard InChI is InChI=1S/C15H11F2N5OS/c16-10-3-1-4-11(17)9(10)7-20-13(23)12-8-24-15(21-12)22-14-18-5-2-6-19-14/h1-6,8H,7H2,(H,20,23)(H,18,19,21,22). The van der Waals surface area contributed by atoms with E-state index in [1.165, 1.54) is 22.8 Å². The van der Waals surface area contributed by atoms with E-state index >= 15 is 0 Å². The summed E-state index contributed by atoms with van der Waals surface area (Å²) < 4.78 is 27.0. The molecule has 0 aliphatic carbocycles. The van der Waals surface area contributed by atoms with Gasteiger partial charge in [-0.05, 0) is 18.2 Å². The van der Waals surface area contributed by atoms with Crippen molar-refractivity contribution in [3.05, 3.63) is 64.9 Å². The number of carbonyl (C=O) groups is 1. The van der Waals surface area contributed by atoms with Crippen LogP contribution in [0.4, 0.5) is 19.9 Å². The van der Waals surface area contributed by atoms with Gasteiger partial charge in [0.25, 0.3) is 5.91 Å². The molecule has 1 amide bonds. The summed E-state index contributed by atoms with van der Waals surface area (Å²) in [6.07, 6.45) is 3.14. The lowest BCUT2D eigenvalue weighted by Gasteiger charge is -2.06. The summed E-state index contributed by atoms with van der Waals surface area (Å²) in [6, 6.07) is 5.21. The van der Waals surface area contributed by atoms with Gasteiger partial charge >= 0.3 is 0 Å². The molecule has 122 valence electrons. The second-order valence-corrected chi connectivity index (χ2v) is 5.48.